The number of nitrogens with zero attached hydrogens (tertiary/aromatic N) is 4. The minimum atomic E-state index is -3.66. The van der Waals surface area contributed by atoms with Crippen LogP contribution in [0, 0.1) is 0 Å². The average molecular weight is 521 g/mol. The van der Waals surface area contributed by atoms with Crippen molar-refractivity contribution in [3.63, 3.8) is 0 Å². The Morgan fingerprint density at radius 1 is 0.919 bits per heavy atom. The summed E-state index contributed by atoms with van der Waals surface area (Å²) >= 11 is 0. The van der Waals surface area contributed by atoms with E-state index in [1.165, 1.54) is 0 Å². The van der Waals surface area contributed by atoms with E-state index in [9.17, 15) is 8.42 Å². The van der Waals surface area contributed by atoms with Crippen LogP contribution in [0.5, 0.6) is 0 Å². The summed E-state index contributed by atoms with van der Waals surface area (Å²) in [6.45, 7) is 12.5. The van der Waals surface area contributed by atoms with Crippen molar-refractivity contribution < 1.29 is 13.2 Å². The summed E-state index contributed by atoms with van der Waals surface area (Å²) < 4.78 is 34.9. The number of anilines is 1. The molecule has 2 aliphatic rings. The number of morpholine rings is 1. The number of benzene rings is 2. The summed E-state index contributed by atoms with van der Waals surface area (Å²) in [5.74, 6) is 1.49. The molecule has 0 radical (unpaired) electrons. The van der Waals surface area contributed by atoms with Crippen LogP contribution in [-0.2, 0) is 33.1 Å². The molecule has 1 fully saturated rings. The first kappa shape index (κ1) is 25.8. The molecule has 0 aliphatic carbocycles. The Morgan fingerprint density at radius 2 is 1.57 bits per heavy atom. The van der Waals surface area contributed by atoms with Gasteiger partial charge in [0, 0.05) is 43.7 Å². The Labute approximate surface area is 220 Å². The van der Waals surface area contributed by atoms with E-state index in [1.807, 2.05) is 42.5 Å². The molecule has 0 spiro atoms. The molecule has 0 saturated carbocycles. The maximum Gasteiger partial charge on any atom is 0.243 e. The normalized spacial score (nSPS) is 21.1. The van der Waals surface area contributed by atoms with E-state index in [4.69, 9.17) is 14.7 Å². The van der Waals surface area contributed by atoms with Crippen LogP contribution in [0.4, 0.5) is 5.82 Å². The smallest absolute Gasteiger partial charge is 0.243 e. The highest BCUT2D eigenvalue weighted by Gasteiger charge is 2.34. The van der Waals surface area contributed by atoms with Crippen LogP contribution in [0.2, 0.25) is 0 Å². The molecule has 0 N–H and O–H groups in total. The molecule has 0 bridgehead atoms. The molecule has 1 aromatic heterocycles. The molecule has 3 aromatic rings. The first-order valence-corrected chi connectivity index (χ1v) is 14.4. The molecule has 3 heterocycles. The van der Waals surface area contributed by atoms with Crippen molar-refractivity contribution in [3.8, 4) is 11.4 Å². The first-order chi connectivity index (χ1) is 17.5. The van der Waals surface area contributed by atoms with Gasteiger partial charge in [-0.3, -0.25) is 0 Å². The molecule has 2 aliphatic heterocycles. The van der Waals surface area contributed by atoms with Gasteiger partial charge in [0.1, 0.15) is 5.82 Å². The standard InChI is InChI=1S/C29H36N4O3S/c1-20-17-32(18-21(2)36-20)28-25-19-33(37(34,35)24-13-11-23(12-14-24)29(3,4)5)16-15-26(25)30-27(31-28)22-9-7-6-8-10-22/h6-14,20-21H,15-19H2,1-5H3. The van der Waals surface area contributed by atoms with Crippen molar-refractivity contribution in [1.29, 1.82) is 0 Å². The second-order valence-corrected chi connectivity index (χ2v) is 13.1. The van der Waals surface area contributed by atoms with Crippen LogP contribution in [-0.4, -0.2) is 54.5 Å². The van der Waals surface area contributed by atoms with Crippen LogP contribution in [0.15, 0.2) is 59.5 Å². The van der Waals surface area contributed by atoms with Crippen molar-refractivity contribution in [2.75, 3.05) is 24.5 Å². The van der Waals surface area contributed by atoms with E-state index >= 15 is 0 Å². The van der Waals surface area contributed by atoms with E-state index in [-0.39, 0.29) is 24.2 Å². The third-order valence-electron chi connectivity index (χ3n) is 7.11. The highest BCUT2D eigenvalue weighted by molar-refractivity contribution is 7.89. The van der Waals surface area contributed by atoms with Crippen molar-refractivity contribution in [3.05, 3.63) is 71.4 Å². The van der Waals surface area contributed by atoms with Crippen LogP contribution < -0.4 is 4.90 Å². The lowest BCUT2D eigenvalue weighted by atomic mass is 9.87. The fourth-order valence-electron chi connectivity index (χ4n) is 5.18. The summed E-state index contributed by atoms with van der Waals surface area (Å²) in [5, 5.41) is 0. The fraction of sp³-hybridized carbons (Fsp3) is 0.448. The van der Waals surface area contributed by atoms with E-state index in [0.717, 1.165) is 28.2 Å². The van der Waals surface area contributed by atoms with Crippen LogP contribution in [0.3, 0.4) is 0 Å². The Balaban J connectivity index is 1.53. The summed E-state index contributed by atoms with van der Waals surface area (Å²) in [5.41, 5.74) is 3.83. The van der Waals surface area contributed by atoms with Gasteiger partial charge in [-0.05, 0) is 37.0 Å². The largest absolute Gasteiger partial charge is 0.372 e. The Kier molecular flexibility index (Phi) is 6.85. The average Bonchev–Trinajstić information content (AvgIpc) is 2.87. The minimum Gasteiger partial charge on any atom is -0.372 e. The molecule has 1 saturated heterocycles. The van der Waals surface area contributed by atoms with Gasteiger partial charge in [-0.25, -0.2) is 18.4 Å². The van der Waals surface area contributed by atoms with Crippen LogP contribution >= 0.6 is 0 Å². The van der Waals surface area contributed by atoms with Gasteiger partial charge in [-0.1, -0.05) is 63.2 Å². The molecule has 8 heteroatoms. The lowest BCUT2D eigenvalue weighted by molar-refractivity contribution is -0.00555. The van der Waals surface area contributed by atoms with Gasteiger partial charge >= 0.3 is 0 Å². The molecule has 5 rings (SSSR count). The maximum atomic E-state index is 13.7. The van der Waals surface area contributed by atoms with E-state index in [2.05, 4.69) is 39.5 Å². The van der Waals surface area contributed by atoms with E-state index < -0.39 is 10.0 Å². The van der Waals surface area contributed by atoms with Crippen LogP contribution in [0.25, 0.3) is 11.4 Å². The van der Waals surface area contributed by atoms with Crippen molar-refractivity contribution in [2.45, 2.75) is 70.1 Å². The van der Waals surface area contributed by atoms with Gasteiger partial charge in [0.15, 0.2) is 5.82 Å². The number of aromatic nitrogens is 2. The SMILES string of the molecule is CC1CN(c2nc(-c3ccccc3)nc3c2CN(S(=O)(=O)c2ccc(C(C)(C)C)cc2)CC3)CC(C)O1. The molecule has 196 valence electrons. The second kappa shape index (κ2) is 9.82. The molecule has 7 nitrogen and oxygen atoms in total. The van der Waals surface area contributed by atoms with Gasteiger partial charge < -0.3 is 9.64 Å². The van der Waals surface area contributed by atoms with Gasteiger partial charge in [-0.2, -0.15) is 4.31 Å². The van der Waals surface area contributed by atoms with Gasteiger partial charge in [0.05, 0.1) is 22.8 Å². The molecule has 37 heavy (non-hydrogen) atoms. The topological polar surface area (TPSA) is 75.6 Å². The zero-order valence-corrected chi connectivity index (χ0v) is 23.1. The summed E-state index contributed by atoms with van der Waals surface area (Å²) in [6, 6.07) is 17.3. The van der Waals surface area contributed by atoms with Gasteiger partial charge in [0.2, 0.25) is 10.0 Å². The number of rotatable bonds is 4. The number of hydrogen-bond donors (Lipinski definition) is 0. The zero-order chi connectivity index (χ0) is 26.4. The Bertz CT molecular complexity index is 1360. The Hall–Kier alpha value is -2.81. The predicted octanol–water partition coefficient (Wildman–Crippen LogP) is 4.80. The number of ether oxygens (including phenoxy) is 1. The van der Waals surface area contributed by atoms with Crippen molar-refractivity contribution >= 4 is 15.8 Å². The maximum absolute atomic E-state index is 13.7. The zero-order valence-electron chi connectivity index (χ0n) is 22.3. The third-order valence-corrected chi connectivity index (χ3v) is 8.97. The van der Waals surface area contributed by atoms with Gasteiger partial charge in [-0.15, -0.1) is 0 Å². The van der Waals surface area contributed by atoms with Gasteiger partial charge in [0.25, 0.3) is 0 Å². The number of hydrogen-bond acceptors (Lipinski definition) is 6. The Morgan fingerprint density at radius 3 is 2.19 bits per heavy atom. The van der Waals surface area contributed by atoms with E-state index in [0.29, 0.717) is 36.8 Å². The lowest BCUT2D eigenvalue weighted by Gasteiger charge is -2.38. The van der Waals surface area contributed by atoms with Crippen molar-refractivity contribution in [2.24, 2.45) is 0 Å². The second-order valence-electron chi connectivity index (χ2n) is 11.2. The highest BCUT2D eigenvalue weighted by atomic mass is 32.2. The molecule has 2 unspecified atom stereocenters. The highest BCUT2D eigenvalue weighted by Crippen LogP contribution is 2.34. The summed E-state index contributed by atoms with van der Waals surface area (Å²) in [4.78, 5) is 12.5. The lowest BCUT2D eigenvalue weighted by Crippen LogP contribution is -2.47. The minimum absolute atomic E-state index is 0.0402. The first-order valence-electron chi connectivity index (χ1n) is 13.0. The molecule has 0 amide bonds. The molecule has 2 atom stereocenters. The van der Waals surface area contributed by atoms with Crippen molar-refractivity contribution in [1.82, 2.24) is 14.3 Å². The summed E-state index contributed by atoms with van der Waals surface area (Å²) in [7, 11) is -3.66. The van der Waals surface area contributed by atoms with Crippen LogP contribution in [0.1, 0.15) is 51.4 Å². The predicted molar refractivity (Wildman–Crippen MR) is 146 cm³/mol. The molecular weight excluding hydrogens is 484 g/mol. The van der Waals surface area contributed by atoms with E-state index in [1.54, 1.807) is 16.4 Å². The fourth-order valence-corrected chi connectivity index (χ4v) is 6.59. The molecular formula is C29H36N4O3S. The quantitative estimate of drug-likeness (QED) is 0.492. The number of sulfonamides is 1. The summed E-state index contributed by atoms with van der Waals surface area (Å²) in [6.07, 6.45) is 0.651. The third kappa shape index (κ3) is 5.28. The number of fused-ring (bicyclic) bond motifs is 1. The monoisotopic (exact) mass is 520 g/mol. The molecule has 2 aromatic carbocycles.